The minimum Gasteiger partial charge on any atom is -0.494 e. The minimum absolute atomic E-state index is 0.0170. The number of methoxy groups -OCH3 is 1. The van der Waals surface area contributed by atoms with Gasteiger partial charge in [-0.1, -0.05) is 6.07 Å². The second kappa shape index (κ2) is 11.1. The van der Waals surface area contributed by atoms with Crippen LogP contribution in [-0.2, 0) is 4.79 Å². The second-order valence-electron chi connectivity index (χ2n) is 8.11. The van der Waals surface area contributed by atoms with Crippen molar-refractivity contribution in [2.45, 2.75) is 31.9 Å². The Morgan fingerprint density at radius 2 is 1.75 bits per heavy atom. The number of hydrogen-bond donors (Lipinski definition) is 3. The largest absolute Gasteiger partial charge is 0.494 e. The van der Waals surface area contributed by atoms with Crippen LogP contribution in [-0.4, -0.2) is 31.2 Å². The standard InChI is InChI=1S/C26H25F4N3O3/c1-15(32-25(34)26(2,29)30)24(16-4-11-23(35-3)21(28)13-16)36-20-9-10-22(17(12-20)14-31)33-19-7-5-18(27)6-8-19/h4-15,24,31,33H,1-3H3,(H,32,34)/t15-,24-/m0/s1. The summed E-state index contributed by atoms with van der Waals surface area (Å²) >= 11 is 0. The number of halogens is 4. The van der Waals surface area contributed by atoms with Gasteiger partial charge < -0.3 is 25.5 Å². The summed E-state index contributed by atoms with van der Waals surface area (Å²) in [5.41, 5.74) is 1.80. The van der Waals surface area contributed by atoms with Gasteiger partial charge in [-0.15, -0.1) is 0 Å². The molecule has 1 amide bonds. The lowest BCUT2D eigenvalue weighted by Gasteiger charge is -2.28. The number of anilines is 2. The molecular formula is C26H25F4N3O3. The van der Waals surface area contributed by atoms with Crippen LogP contribution in [0.2, 0.25) is 0 Å². The van der Waals surface area contributed by atoms with E-state index in [0.29, 0.717) is 23.9 Å². The van der Waals surface area contributed by atoms with E-state index in [0.717, 1.165) is 12.3 Å². The maximum atomic E-state index is 14.4. The van der Waals surface area contributed by atoms with Crippen LogP contribution in [0.4, 0.5) is 28.9 Å². The van der Waals surface area contributed by atoms with Gasteiger partial charge in [0.05, 0.1) is 13.2 Å². The summed E-state index contributed by atoms with van der Waals surface area (Å²) in [6.07, 6.45) is 0.00932. The molecule has 10 heteroatoms. The first-order valence-corrected chi connectivity index (χ1v) is 10.9. The average Bonchev–Trinajstić information content (AvgIpc) is 2.83. The number of amides is 1. The van der Waals surface area contributed by atoms with E-state index in [1.807, 2.05) is 0 Å². The fourth-order valence-electron chi connectivity index (χ4n) is 3.41. The van der Waals surface area contributed by atoms with Crippen molar-refractivity contribution in [2.24, 2.45) is 0 Å². The molecule has 190 valence electrons. The first kappa shape index (κ1) is 26.5. The number of carbonyl (C=O) groups excluding carboxylic acids is 1. The van der Waals surface area contributed by atoms with E-state index < -0.39 is 29.8 Å². The molecule has 0 aliphatic heterocycles. The number of nitrogens with one attached hydrogen (secondary N) is 3. The molecule has 0 aromatic heterocycles. The van der Waals surface area contributed by atoms with Crippen molar-refractivity contribution in [1.29, 1.82) is 5.41 Å². The summed E-state index contributed by atoms with van der Waals surface area (Å²) in [5, 5.41) is 13.0. The number of hydrogen-bond acceptors (Lipinski definition) is 5. The van der Waals surface area contributed by atoms with Gasteiger partial charge in [0.15, 0.2) is 11.6 Å². The summed E-state index contributed by atoms with van der Waals surface area (Å²) in [4.78, 5) is 11.9. The van der Waals surface area contributed by atoms with Crippen molar-refractivity contribution in [1.82, 2.24) is 5.32 Å². The SMILES string of the molecule is COc1ccc([C@@H](Oc2ccc(Nc3ccc(F)cc3)c(C=N)c2)[C@H](C)NC(=O)C(C)(F)F)cc1F. The zero-order chi connectivity index (χ0) is 26.5. The van der Waals surface area contributed by atoms with Gasteiger partial charge in [0.25, 0.3) is 5.91 Å². The highest BCUT2D eigenvalue weighted by Crippen LogP contribution is 2.31. The molecule has 0 bridgehead atoms. The molecule has 0 spiro atoms. The quantitative estimate of drug-likeness (QED) is 0.234. The van der Waals surface area contributed by atoms with Crippen molar-refractivity contribution in [3.63, 3.8) is 0 Å². The first-order chi connectivity index (χ1) is 17.0. The van der Waals surface area contributed by atoms with Crippen LogP contribution in [0, 0.1) is 17.0 Å². The number of rotatable bonds is 10. The van der Waals surface area contributed by atoms with E-state index in [-0.39, 0.29) is 22.9 Å². The maximum Gasteiger partial charge on any atom is 0.321 e. The molecule has 3 aromatic rings. The highest BCUT2D eigenvalue weighted by molar-refractivity contribution is 5.88. The highest BCUT2D eigenvalue weighted by Gasteiger charge is 2.35. The topological polar surface area (TPSA) is 83.4 Å². The molecule has 6 nitrogen and oxygen atoms in total. The van der Waals surface area contributed by atoms with Crippen LogP contribution < -0.4 is 20.1 Å². The molecule has 3 rings (SSSR count). The summed E-state index contributed by atoms with van der Waals surface area (Å²) in [7, 11) is 1.30. The lowest BCUT2D eigenvalue weighted by molar-refractivity contribution is -0.144. The third-order valence-electron chi connectivity index (χ3n) is 5.28. The Bertz CT molecular complexity index is 1230. The molecule has 0 unspecified atom stereocenters. The monoisotopic (exact) mass is 503 g/mol. The summed E-state index contributed by atoms with van der Waals surface area (Å²) < 4.78 is 65.5. The smallest absolute Gasteiger partial charge is 0.321 e. The lowest BCUT2D eigenvalue weighted by Crippen LogP contribution is -2.46. The summed E-state index contributed by atoms with van der Waals surface area (Å²) in [6, 6.07) is 13.4. The molecule has 36 heavy (non-hydrogen) atoms. The third kappa shape index (κ3) is 6.53. The van der Waals surface area contributed by atoms with Crippen LogP contribution in [0.1, 0.15) is 31.1 Å². The van der Waals surface area contributed by atoms with Crippen LogP contribution >= 0.6 is 0 Å². The molecule has 0 fully saturated rings. The Labute approximate surface area is 205 Å². The zero-order valence-corrected chi connectivity index (χ0v) is 19.7. The fourth-order valence-corrected chi connectivity index (χ4v) is 3.41. The molecule has 0 radical (unpaired) electrons. The Morgan fingerprint density at radius 1 is 1.06 bits per heavy atom. The lowest BCUT2D eigenvalue weighted by atomic mass is 10.0. The predicted octanol–water partition coefficient (Wildman–Crippen LogP) is 5.99. The van der Waals surface area contributed by atoms with Crippen molar-refractivity contribution in [2.75, 3.05) is 12.4 Å². The van der Waals surface area contributed by atoms with Gasteiger partial charge in [0.1, 0.15) is 17.7 Å². The molecule has 0 aliphatic carbocycles. The Balaban J connectivity index is 1.91. The van der Waals surface area contributed by atoms with Crippen molar-refractivity contribution in [3.8, 4) is 11.5 Å². The molecule has 2 atom stereocenters. The number of carbonyl (C=O) groups is 1. The van der Waals surface area contributed by atoms with E-state index >= 15 is 0 Å². The Morgan fingerprint density at radius 3 is 2.33 bits per heavy atom. The second-order valence-corrected chi connectivity index (χ2v) is 8.11. The molecule has 0 aliphatic rings. The maximum absolute atomic E-state index is 14.4. The van der Waals surface area contributed by atoms with Gasteiger partial charge in [0.2, 0.25) is 0 Å². The highest BCUT2D eigenvalue weighted by atomic mass is 19.3. The molecular weight excluding hydrogens is 478 g/mol. The van der Waals surface area contributed by atoms with E-state index in [2.05, 4.69) is 10.6 Å². The minimum atomic E-state index is -3.62. The number of ether oxygens (including phenoxy) is 2. The van der Waals surface area contributed by atoms with Crippen molar-refractivity contribution < 1.29 is 31.8 Å². The summed E-state index contributed by atoms with van der Waals surface area (Å²) in [6.45, 7) is 1.93. The van der Waals surface area contributed by atoms with Gasteiger partial charge in [0, 0.05) is 30.1 Å². The number of benzene rings is 3. The van der Waals surface area contributed by atoms with Crippen LogP contribution in [0.25, 0.3) is 0 Å². The van der Waals surface area contributed by atoms with Crippen molar-refractivity contribution >= 4 is 23.5 Å². The first-order valence-electron chi connectivity index (χ1n) is 10.9. The van der Waals surface area contributed by atoms with Gasteiger partial charge in [-0.2, -0.15) is 8.78 Å². The Kier molecular flexibility index (Phi) is 8.18. The third-order valence-corrected chi connectivity index (χ3v) is 5.28. The average molecular weight is 503 g/mol. The van der Waals surface area contributed by atoms with Crippen LogP contribution in [0.5, 0.6) is 11.5 Å². The van der Waals surface area contributed by atoms with Crippen LogP contribution in [0.15, 0.2) is 60.7 Å². The molecule has 0 saturated heterocycles. The van der Waals surface area contributed by atoms with Crippen molar-refractivity contribution in [3.05, 3.63) is 83.4 Å². The fraction of sp³-hybridized carbons (Fsp3) is 0.231. The van der Waals surface area contributed by atoms with Gasteiger partial charge in [-0.3, -0.25) is 4.79 Å². The molecule has 0 saturated carbocycles. The zero-order valence-electron chi connectivity index (χ0n) is 19.7. The van der Waals surface area contributed by atoms with Gasteiger partial charge >= 0.3 is 5.92 Å². The molecule has 3 aromatic carbocycles. The molecule has 3 N–H and O–H groups in total. The van der Waals surface area contributed by atoms with E-state index in [4.69, 9.17) is 14.9 Å². The van der Waals surface area contributed by atoms with Crippen LogP contribution in [0.3, 0.4) is 0 Å². The van der Waals surface area contributed by atoms with Gasteiger partial charge in [-0.25, -0.2) is 8.78 Å². The van der Waals surface area contributed by atoms with E-state index in [1.165, 1.54) is 56.5 Å². The normalized spacial score (nSPS) is 12.9. The Hall–Kier alpha value is -4.08. The predicted molar refractivity (Wildman–Crippen MR) is 129 cm³/mol. The number of alkyl halides is 2. The van der Waals surface area contributed by atoms with Gasteiger partial charge in [-0.05, 0) is 67.1 Å². The molecule has 0 heterocycles. The van der Waals surface area contributed by atoms with E-state index in [9.17, 15) is 22.4 Å². The van der Waals surface area contributed by atoms with E-state index in [1.54, 1.807) is 12.1 Å². The summed E-state index contributed by atoms with van der Waals surface area (Å²) in [5.74, 6) is -5.98.